The van der Waals surface area contributed by atoms with Crippen LogP contribution >= 0.6 is 22.9 Å². The fourth-order valence-corrected chi connectivity index (χ4v) is 2.32. The topological polar surface area (TPSA) is 46.4 Å². The summed E-state index contributed by atoms with van der Waals surface area (Å²) in [5.41, 5.74) is 0.726. The zero-order chi connectivity index (χ0) is 11.5. The van der Waals surface area contributed by atoms with Crippen LogP contribution in [0.25, 0.3) is 11.0 Å². The lowest BCUT2D eigenvalue weighted by atomic mass is 10.4. The van der Waals surface area contributed by atoms with E-state index in [1.54, 1.807) is 6.08 Å². The van der Waals surface area contributed by atoms with Gasteiger partial charge in [0.05, 0.1) is 5.69 Å². The molecule has 0 saturated heterocycles. The number of rotatable bonds is 3. The summed E-state index contributed by atoms with van der Waals surface area (Å²) in [6.07, 6.45) is 4.99. The fraction of sp³-hybridized carbons (Fsp3) is 0.200. The smallest absolute Gasteiger partial charge is 0.244 e. The summed E-state index contributed by atoms with van der Waals surface area (Å²) in [6.45, 7) is 2.48. The monoisotopic (exact) mass is 255 g/mol. The molecular formula is C10H10ClN3OS. The Labute approximate surface area is 102 Å². The van der Waals surface area contributed by atoms with Crippen LogP contribution in [0.2, 0.25) is 5.15 Å². The van der Waals surface area contributed by atoms with Crippen molar-refractivity contribution in [3.8, 4) is 0 Å². The molecule has 84 valence electrons. The van der Waals surface area contributed by atoms with Gasteiger partial charge in [-0.1, -0.05) is 11.6 Å². The molecule has 16 heavy (non-hydrogen) atoms. The third kappa shape index (κ3) is 2.10. The number of imidazole rings is 1. The molecule has 0 aliphatic heterocycles. The molecule has 2 aromatic rings. The molecule has 0 bridgehead atoms. The van der Waals surface area contributed by atoms with Crippen molar-refractivity contribution in [3.05, 3.63) is 28.5 Å². The zero-order valence-electron chi connectivity index (χ0n) is 8.61. The number of amides is 1. The van der Waals surface area contributed by atoms with Gasteiger partial charge in [0.25, 0.3) is 0 Å². The first-order valence-corrected chi connectivity index (χ1v) is 6.05. The minimum absolute atomic E-state index is 0.135. The minimum Gasteiger partial charge on any atom is -0.353 e. The molecule has 0 aromatic carbocycles. The van der Waals surface area contributed by atoms with Crippen LogP contribution in [0, 0.1) is 0 Å². The summed E-state index contributed by atoms with van der Waals surface area (Å²) in [7, 11) is 0. The van der Waals surface area contributed by atoms with Gasteiger partial charge in [-0.05, 0) is 13.0 Å². The second kappa shape index (κ2) is 4.67. The SMILES string of the molecule is CCNC(=O)C=Cc1c(Cl)nc2sccn12. The second-order valence-electron chi connectivity index (χ2n) is 3.07. The van der Waals surface area contributed by atoms with Gasteiger partial charge < -0.3 is 5.32 Å². The van der Waals surface area contributed by atoms with Gasteiger partial charge in [0.1, 0.15) is 0 Å². The van der Waals surface area contributed by atoms with Crippen LogP contribution in [0.4, 0.5) is 0 Å². The summed E-state index contributed by atoms with van der Waals surface area (Å²) in [5, 5.41) is 5.00. The number of nitrogens with zero attached hydrogens (tertiary/aromatic N) is 2. The lowest BCUT2D eigenvalue weighted by molar-refractivity contribution is -0.116. The van der Waals surface area contributed by atoms with E-state index in [0.29, 0.717) is 11.7 Å². The Kier molecular flexibility index (Phi) is 3.26. The highest BCUT2D eigenvalue weighted by Gasteiger charge is 2.08. The first-order chi connectivity index (χ1) is 7.72. The molecule has 6 heteroatoms. The van der Waals surface area contributed by atoms with Crippen LogP contribution in [0.1, 0.15) is 12.6 Å². The maximum absolute atomic E-state index is 11.3. The number of halogens is 1. The van der Waals surface area contributed by atoms with Gasteiger partial charge in [0, 0.05) is 24.2 Å². The molecule has 0 spiro atoms. The van der Waals surface area contributed by atoms with E-state index in [1.807, 2.05) is 22.9 Å². The van der Waals surface area contributed by atoms with E-state index in [4.69, 9.17) is 11.6 Å². The maximum atomic E-state index is 11.3. The molecule has 2 heterocycles. The molecule has 0 saturated carbocycles. The average Bonchev–Trinajstić information content (AvgIpc) is 2.76. The van der Waals surface area contributed by atoms with Crippen LogP contribution in [0.5, 0.6) is 0 Å². The minimum atomic E-state index is -0.135. The van der Waals surface area contributed by atoms with E-state index in [1.165, 1.54) is 17.4 Å². The highest BCUT2D eigenvalue weighted by Crippen LogP contribution is 2.22. The van der Waals surface area contributed by atoms with E-state index in [2.05, 4.69) is 10.3 Å². The molecule has 0 aliphatic rings. The molecule has 1 amide bonds. The summed E-state index contributed by atoms with van der Waals surface area (Å²) in [4.78, 5) is 16.2. The lowest BCUT2D eigenvalue weighted by Gasteiger charge is -1.94. The molecule has 2 aromatic heterocycles. The van der Waals surface area contributed by atoms with E-state index in [0.717, 1.165) is 10.7 Å². The van der Waals surface area contributed by atoms with Gasteiger partial charge in [0.15, 0.2) is 10.1 Å². The summed E-state index contributed by atoms with van der Waals surface area (Å²) >= 11 is 7.46. The lowest BCUT2D eigenvalue weighted by Crippen LogP contribution is -2.19. The third-order valence-corrected chi connectivity index (χ3v) is 3.03. The van der Waals surface area contributed by atoms with Gasteiger partial charge >= 0.3 is 0 Å². The van der Waals surface area contributed by atoms with E-state index < -0.39 is 0 Å². The summed E-state index contributed by atoms with van der Waals surface area (Å²) in [6, 6.07) is 0. The zero-order valence-corrected chi connectivity index (χ0v) is 10.2. The number of carbonyl (C=O) groups excluding carboxylic acids is 1. The van der Waals surface area contributed by atoms with Gasteiger partial charge in [0.2, 0.25) is 5.91 Å². The van der Waals surface area contributed by atoms with Crippen molar-refractivity contribution in [2.24, 2.45) is 0 Å². The average molecular weight is 256 g/mol. The van der Waals surface area contributed by atoms with Gasteiger partial charge in [-0.2, -0.15) is 0 Å². The molecule has 4 nitrogen and oxygen atoms in total. The Hall–Kier alpha value is -1.33. The highest BCUT2D eigenvalue weighted by atomic mass is 35.5. The number of nitrogens with one attached hydrogen (secondary N) is 1. The Balaban J connectivity index is 2.29. The maximum Gasteiger partial charge on any atom is 0.244 e. The number of aromatic nitrogens is 2. The molecule has 0 aliphatic carbocycles. The van der Waals surface area contributed by atoms with Crippen molar-refractivity contribution < 1.29 is 4.79 Å². The Morgan fingerprint density at radius 3 is 3.31 bits per heavy atom. The predicted octanol–water partition coefficient (Wildman–Crippen LogP) is 2.20. The molecule has 1 N–H and O–H groups in total. The van der Waals surface area contributed by atoms with E-state index >= 15 is 0 Å². The molecule has 0 unspecified atom stereocenters. The molecule has 0 radical (unpaired) electrons. The van der Waals surface area contributed by atoms with Crippen LogP contribution in [-0.2, 0) is 4.79 Å². The Morgan fingerprint density at radius 1 is 1.75 bits per heavy atom. The number of carbonyl (C=O) groups is 1. The van der Waals surface area contributed by atoms with E-state index in [9.17, 15) is 4.79 Å². The quantitative estimate of drug-likeness (QED) is 0.855. The normalized spacial score (nSPS) is 11.4. The fourth-order valence-electron chi connectivity index (χ4n) is 1.31. The largest absolute Gasteiger partial charge is 0.353 e. The van der Waals surface area contributed by atoms with Crippen molar-refractivity contribution >= 4 is 39.9 Å². The number of hydrogen-bond acceptors (Lipinski definition) is 3. The van der Waals surface area contributed by atoms with Crippen LogP contribution in [-0.4, -0.2) is 21.8 Å². The number of fused-ring (bicyclic) bond motifs is 1. The predicted molar refractivity (Wildman–Crippen MR) is 65.8 cm³/mol. The van der Waals surface area contributed by atoms with Crippen LogP contribution in [0.15, 0.2) is 17.7 Å². The van der Waals surface area contributed by atoms with Crippen molar-refractivity contribution in [1.82, 2.24) is 14.7 Å². The molecule has 0 atom stereocenters. The first-order valence-electron chi connectivity index (χ1n) is 4.79. The number of hydrogen-bond donors (Lipinski definition) is 1. The number of thiazole rings is 1. The van der Waals surface area contributed by atoms with Crippen molar-refractivity contribution in [2.45, 2.75) is 6.92 Å². The highest BCUT2D eigenvalue weighted by molar-refractivity contribution is 7.15. The molecule has 2 rings (SSSR count). The van der Waals surface area contributed by atoms with Gasteiger partial charge in [-0.25, -0.2) is 4.98 Å². The number of likely N-dealkylation sites (N-methyl/N-ethyl adjacent to an activating group) is 1. The summed E-state index contributed by atoms with van der Waals surface area (Å²) < 4.78 is 1.85. The van der Waals surface area contributed by atoms with Crippen LogP contribution < -0.4 is 5.32 Å². The first kappa shape index (κ1) is 11.2. The van der Waals surface area contributed by atoms with Crippen LogP contribution in [0.3, 0.4) is 0 Å². The van der Waals surface area contributed by atoms with Crippen molar-refractivity contribution in [3.63, 3.8) is 0 Å². The van der Waals surface area contributed by atoms with E-state index in [-0.39, 0.29) is 5.91 Å². The van der Waals surface area contributed by atoms with Crippen molar-refractivity contribution in [2.75, 3.05) is 6.54 Å². The third-order valence-electron chi connectivity index (χ3n) is 2.00. The summed E-state index contributed by atoms with van der Waals surface area (Å²) in [5.74, 6) is -0.135. The van der Waals surface area contributed by atoms with Gasteiger partial charge in [-0.15, -0.1) is 11.3 Å². The van der Waals surface area contributed by atoms with Gasteiger partial charge in [-0.3, -0.25) is 9.20 Å². The molecular weight excluding hydrogens is 246 g/mol. The Morgan fingerprint density at radius 2 is 2.56 bits per heavy atom. The second-order valence-corrected chi connectivity index (χ2v) is 4.30. The molecule has 0 fully saturated rings. The standard InChI is InChI=1S/C10H10ClN3OS/c1-2-12-8(15)4-3-7-9(11)13-10-14(7)5-6-16-10/h3-6H,2H2,1H3,(H,12,15). The van der Waals surface area contributed by atoms with Crippen molar-refractivity contribution in [1.29, 1.82) is 0 Å². The Bertz CT molecular complexity index is 543.